The van der Waals surface area contributed by atoms with Gasteiger partial charge in [0.25, 0.3) is 0 Å². The minimum absolute atomic E-state index is 0.101. The average molecular weight is 416 g/mol. The van der Waals surface area contributed by atoms with Gasteiger partial charge in [-0.3, -0.25) is 0 Å². The summed E-state index contributed by atoms with van der Waals surface area (Å²) in [7, 11) is 3.96. The maximum Gasteiger partial charge on any atom is 0.317 e. The van der Waals surface area contributed by atoms with Gasteiger partial charge < -0.3 is 24.6 Å². The number of halogens is 2. The summed E-state index contributed by atoms with van der Waals surface area (Å²) in [5, 5.41) is 3.86. The van der Waals surface area contributed by atoms with Crippen molar-refractivity contribution < 1.29 is 14.3 Å². The van der Waals surface area contributed by atoms with Gasteiger partial charge in [0, 0.05) is 18.7 Å². The van der Waals surface area contributed by atoms with Crippen molar-refractivity contribution in [2.75, 3.05) is 40.4 Å². The first-order valence-corrected chi connectivity index (χ1v) is 10.1. The zero-order valence-corrected chi connectivity index (χ0v) is 17.5. The molecular formula is C19H27Cl2N3O3. The van der Waals surface area contributed by atoms with Gasteiger partial charge >= 0.3 is 6.03 Å². The van der Waals surface area contributed by atoms with Crippen LogP contribution < -0.4 is 5.32 Å². The van der Waals surface area contributed by atoms with Gasteiger partial charge in [0.15, 0.2) is 6.29 Å². The van der Waals surface area contributed by atoms with E-state index in [-0.39, 0.29) is 18.1 Å². The second-order valence-electron chi connectivity index (χ2n) is 7.26. The molecule has 0 bridgehead atoms. The van der Waals surface area contributed by atoms with E-state index in [2.05, 4.69) is 17.3 Å². The van der Waals surface area contributed by atoms with Gasteiger partial charge in [-0.2, -0.15) is 0 Å². The number of amides is 2. The topological polar surface area (TPSA) is 54.0 Å². The van der Waals surface area contributed by atoms with E-state index in [9.17, 15) is 4.79 Å². The smallest absolute Gasteiger partial charge is 0.317 e. The summed E-state index contributed by atoms with van der Waals surface area (Å²) >= 11 is 12.9. The molecule has 0 spiro atoms. The van der Waals surface area contributed by atoms with Crippen molar-refractivity contribution in [1.29, 1.82) is 0 Å². The predicted octanol–water partition coefficient (Wildman–Crippen LogP) is 3.84. The molecule has 150 valence electrons. The number of nitrogens with zero attached hydrogens (tertiary/aromatic N) is 2. The number of likely N-dealkylation sites (tertiary alicyclic amines) is 1. The molecule has 2 fully saturated rings. The first-order chi connectivity index (χ1) is 12.9. The lowest BCUT2D eigenvalue weighted by Gasteiger charge is -2.35. The quantitative estimate of drug-likeness (QED) is 0.811. The van der Waals surface area contributed by atoms with Gasteiger partial charge in [0.1, 0.15) is 0 Å². The van der Waals surface area contributed by atoms with Crippen LogP contribution >= 0.6 is 23.2 Å². The molecule has 1 aromatic carbocycles. The minimum atomic E-state index is -0.482. The molecule has 0 saturated carbocycles. The van der Waals surface area contributed by atoms with Crippen LogP contribution in [0.1, 0.15) is 43.2 Å². The van der Waals surface area contributed by atoms with E-state index in [0.29, 0.717) is 28.8 Å². The SMILES string of the molecule is CC(NC(=O)N(C)C1CCN(C)CC1)c1ccc(C2OCCO2)c(Cl)c1Cl. The maximum absolute atomic E-state index is 12.7. The summed E-state index contributed by atoms with van der Waals surface area (Å²) in [4.78, 5) is 16.7. The van der Waals surface area contributed by atoms with Crippen molar-refractivity contribution in [3.05, 3.63) is 33.3 Å². The summed E-state index contributed by atoms with van der Waals surface area (Å²) in [6, 6.07) is 3.61. The van der Waals surface area contributed by atoms with Crippen LogP contribution in [0, 0.1) is 0 Å². The van der Waals surface area contributed by atoms with Crippen molar-refractivity contribution >= 4 is 29.2 Å². The van der Waals surface area contributed by atoms with Crippen LogP contribution in [0.15, 0.2) is 12.1 Å². The molecule has 1 aromatic rings. The van der Waals surface area contributed by atoms with Crippen LogP contribution in [0.4, 0.5) is 4.79 Å². The Morgan fingerprint density at radius 2 is 1.85 bits per heavy atom. The number of nitrogens with one attached hydrogen (secondary N) is 1. The molecule has 6 nitrogen and oxygen atoms in total. The summed E-state index contributed by atoms with van der Waals surface area (Å²) in [5.41, 5.74) is 1.48. The van der Waals surface area contributed by atoms with Gasteiger partial charge in [0.05, 0.1) is 29.3 Å². The summed E-state index contributed by atoms with van der Waals surface area (Å²) in [5.74, 6) is 0. The first-order valence-electron chi connectivity index (χ1n) is 9.31. The zero-order chi connectivity index (χ0) is 19.6. The highest BCUT2D eigenvalue weighted by atomic mass is 35.5. The highest BCUT2D eigenvalue weighted by molar-refractivity contribution is 6.43. The van der Waals surface area contributed by atoms with E-state index in [1.807, 2.05) is 26.1 Å². The lowest BCUT2D eigenvalue weighted by atomic mass is 10.0. The predicted molar refractivity (Wildman–Crippen MR) is 106 cm³/mol. The fourth-order valence-corrected chi connectivity index (χ4v) is 4.14. The molecule has 1 N–H and O–H groups in total. The molecule has 0 radical (unpaired) electrons. The Morgan fingerprint density at radius 1 is 1.22 bits per heavy atom. The number of hydrogen-bond donors (Lipinski definition) is 1. The number of rotatable bonds is 4. The van der Waals surface area contributed by atoms with E-state index in [1.165, 1.54) is 0 Å². The summed E-state index contributed by atoms with van der Waals surface area (Å²) < 4.78 is 11.0. The van der Waals surface area contributed by atoms with Crippen LogP contribution in [0.2, 0.25) is 10.0 Å². The average Bonchev–Trinajstić information content (AvgIpc) is 3.18. The summed E-state index contributed by atoms with van der Waals surface area (Å²) in [6.07, 6.45) is 1.49. The lowest BCUT2D eigenvalue weighted by molar-refractivity contribution is -0.0440. The van der Waals surface area contributed by atoms with Crippen molar-refractivity contribution in [2.45, 2.75) is 38.1 Å². The second-order valence-corrected chi connectivity index (χ2v) is 8.02. The summed E-state index contributed by atoms with van der Waals surface area (Å²) in [6.45, 7) is 4.99. The number of carbonyl (C=O) groups is 1. The molecule has 3 rings (SSSR count). The van der Waals surface area contributed by atoms with Gasteiger partial charge in [-0.25, -0.2) is 4.79 Å². The van der Waals surface area contributed by atoms with E-state index < -0.39 is 6.29 Å². The zero-order valence-electron chi connectivity index (χ0n) is 16.0. The molecule has 2 amide bonds. The van der Waals surface area contributed by atoms with Crippen molar-refractivity contribution in [3.8, 4) is 0 Å². The molecule has 2 saturated heterocycles. The highest BCUT2D eigenvalue weighted by Crippen LogP contribution is 2.38. The number of benzene rings is 1. The molecule has 27 heavy (non-hydrogen) atoms. The van der Waals surface area contributed by atoms with E-state index >= 15 is 0 Å². The Labute approximate surface area is 170 Å². The van der Waals surface area contributed by atoms with Crippen LogP contribution in [-0.2, 0) is 9.47 Å². The third-order valence-electron chi connectivity index (χ3n) is 5.38. The number of carbonyl (C=O) groups excluding carboxylic acids is 1. The van der Waals surface area contributed by atoms with Crippen LogP contribution in [0.5, 0.6) is 0 Å². The minimum Gasteiger partial charge on any atom is -0.346 e. The van der Waals surface area contributed by atoms with Crippen molar-refractivity contribution in [1.82, 2.24) is 15.1 Å². The van der Waals surface area contributed by atoms with Crippen molar-refractivity contribution in [2.24, 2.45) is 0 Å². The normalized spacial score (nSPS) is 20.6. The molecule has 2 aliphatic heterocycles. The molecular weight excluding hydrogens is 389 g/mol. The Kier molecular flexibility index (Phi) is 6.87. The molecule has 1 unspecified atom stereocenters. The fourth-order valence-electron chi connectivity index (χ4n) is 3.55. The van der Waals surface area contributed by atoms with Crippen LogP contribution in [-0.4, -0.2) is 62.3 Å². The number of urea groups is 1. The Hall–Kier alpha value is -1.05. The van der Waals surface area contributed by atoms with Crippen LogP contribution in [0.3, 0.4) is 0 Å². The third kappa shape index (κ3) is 4.69. The number of piperidine rings is 1. The Bertz CT molecular complexity index is 674. The molecule has 0 aliphatic carbocycles. The third-order valence-corrected chi connectivity index (χ3v) is 6.29. The van der Waals surface area contributed by atoms with Gasteiger partial charge in [-0.05, 0) is 45.5 Å². The van der Waals surface area contributed by atoms with E-state index in [0.717, 1.165) is 31.5 Å². The first kappa shape index (κ1) is 20.7. The van der Waals surface area contributed by atoms with Gasteiger partial charge in [-0.1, -0.05) is 35.3 Å². The number of ether oxygens (including phenoxy) is 2. The van der Waals surface area contributed by atoms with Crippen molar-refractivity contribution in [3.63, 3.8) is 0 Å². The standard InChI is InChI=1S/C19H27Cl2N3O3/c1-12(22-19(25)24(3)13-6-8-23(2)9-7-13)14-4-5-15(17(21)16(14)20)18-26-10-11-27-18/h4-5,12-13,18H,6-11H2,1-3H3,(H,22,25). The Morgan fingerprint density at radius 3 is 2.48 bits per heavy atom. The largest absolute Gasteiger partial charge is 0.346 e. The second kappa shape index (κ2) is 8.97. The Balaban J connectivity index is 1.65. The van der Waals surface area contributed by atoms with E-state index in [1.54, 1.807) is 4.90 Å². The molecule has 8 heteroatoms. The fraction of sp³-hybridized carbons (Fsp3) is 0.632. The van der Waals surface area contributed by atoms with Gasteiger partial charge in [0.2, 0.25) is 0 Å². The number of hydrogen-bond acceptors (Lipinski definition) is 4. The molecule has 2 heterocycles. The molecule has 0 aromatic heterocycles. The highest BCUT2D eigenvalue weighted by Gasteiger charge is 2.27. The molecule has 1 atom stereocenters. The van der Waals surface area contributed by atoms with Gasteiger partial charge in [-0.15, -0.1) is 0 Å². The van der Waals surface area contributed by atoms with E-state index in [4.69, 9.17) is 32.7 Å². The monoisotopic (exact) mass is 415 g/mol. The maximum atomic E-state index is 12.7. The lowest BCUT2D eigenvalue weighted by Crippen LogP contribution is -2.48. The van der Waals surface area contributed by atoms with Crippen LogP contribution in [0.25, 0.3) is 0 Å². The molecule has 2 aliphatic rings.